The first-order valence-electron chi connectivity index (χ1n) is 22.0. The lowest BCUT2D eigenvalue weighted by molar-refractivity contribution is 0.670. The molecule has 13 aromatic rings. The Hall–Kier alpha value is -8.46. The molecular weight excluding hydrogens is 775 g/mol. The van der Waals surface area contributed by atoms with Gasteiger partial charge in [-0.2, -0.15) is 0 Å². The van der Waals surface area contributed by atoms with E-state index in [1.165, 1.54) is 76.8 Å². The Morgan fingerprint density at radius 1 is 0.266 bits per heavy atom. The van der Waals surface area contributed by atoms with E-state index in [4.69, 9.17) is 4.42 Å². The van der Waals surface area contributed by atoms with Gasteiger partial charge in [0.1, 0.15) is 11.2 Å². The Morgan fingerprint density at radius 3 is 1.45 bits per heavy atom. The summed E-state index contributed by atoms with van der Waals surface area (Å²) in [6, 6.07) is 85.9. The first kappa shape index (κ1) is 36.2. The zero-order valence-electron chi connectivity index (χ0n) is 34.9. The minimum atomic E-state index is 0.880. The van der Waals surface area contributed by atoms with Gasteiger partial charge in [0.05, 0.1) is 11.0 Å². The van der Waals surface area contributed by atoms with Crippen LogP contribution < -0.4 is 0 Å². The Labute approximate surface area is 370 Å². The molecule has 11 aromatic carbocycles. The van der Waals surface area contributed by atoms with Crippen LogP contribution in [0, 0.1) is 0 Å². The maximum absolute atomic E-state index is 6.87. The first-order chi connectivity index (χ1) is 31.7. The van der Waals surface area contributed by atoms with Crippen molar-refractivity contribution >= 4 is 65.3 Å². The zero-order chi connectivity index (χ0) is 42.1. The number of rotatable bonds is 6. The third kappa shape index (κ3) is 5.73. The molecule has 0 aliphatic carbocycles. The van der Waals surface area contributed by atoms with Crippen LogP contribution in [0.15, 0.2) is 241 Å². The highest BCUT2D eigenvalue weighted by atomic mass is 16.3. The highest BCUT2D eigenvalue weighted by Gasteiger charge is 2.21. The second-order valence-electron chi connectivity index (χ2n) is 16.8. The van der Waals surface area contributed by atoms with Crippen LogP contribution in [-0.4, -0.2) is 4.57 Å². The SMILES string of the molecule is c1ccc(-c2ccc3oc4c(-c5ccc6c7ccccc7n(-c7cccc(-c8c9ccccc9c(-c9ccccc9)c9ccccc89)c7)c6c5)cc(-c5ccccc5)cc4c3c2)cc1. The quantitative estimate of drug-likeness (QED) is 0.153. The predicted molar refractivity (Wildman–Crippen MR) is 270 cm³/mol. The lowest BCUT2D eigenvalue weighted by atomic mass is 9.86. The van der Waals surface area contributed by atoms with Gasteiger partial charge < -0.3 is 8.98 Å². The summed E-state index contributed by atoms with van der Waals surface area (Å²) in [5.41, 5.74) is 17.0. The summed E-state index contributed by atoms with van der Waals surface area (Å²) in [5.74, 6) is 0. The summed E-state index contributed by atoms with van der Waals surface area (Å²) in [5, 5.41) is 9.63. The van der Waals surface area contributed by atoms with Crippen molar-refractivity contribution in [1.82, 2.24) is 4.57 Å². The highest BCUT2D eigenvalue weighted by Crippen LogP contribution is 2.46. The van der Waals surface area contributed by atoms with Gasteiger partial charge in [-0.3, -0.25) is 0 Å². The number of furan rings is 1. The van der Waals surface area contributed by atoms with Crippen LogP contribution in [0.25, 0.3) is 127 Å². The molecule has 2 heterocycles. The molecule has 0 N–H and O–H groups in total. The second-order valence-corrected chi connectivity index (χ2v) is 16.8. The lowest BCUT2D eigenvalue weighted by Crippen LogP contribution is -1.96. The van der Waals surface area contributed by atoms with E-state index in [0.29, 0.717) is 0 Å². The predicted octanol–water partition coefficient (Wildman–Crippen LogP) is 17.3. The largest absolute Gasteiger partial charge is 0.455 e. The zero-order valence-corrected chi connectivity index (χ0v) is 34.9. The summed E-state index contributed by atoms with van der Waals surface area (Å²) in [6.07, 6.45) is 0. The molecule has 13 rings (SSSR count). The summed E-state index contributed by atoms with van der Waals surface area (Å²) >= 11 is 0. The summed E-state index contributed by atoms with van der Waals surface area (Å²) < 4.78 is 9.32. The topological polar surface area (TPSA) is 18.1 Å². The Kier molecular flexibility index (Phi) is 8.25. The third-order valence-electron chi connectivity index (χ3n) is 13.2. The molecule has 0 amide bonds. The van der Waals surface area contributed by atoms with Crippen LogP contribution in [-0.2, 0) is 0 Å². The van der Waals surface area contributed by atoms with Crippen molar-refractivity contribution in [2.75, 3.05) is 0 Å². The molecule has 0 fully saturated rings. The maximum Gasteiger partial charge on any atom is 0.143 e. The van der Waals surface area contributed by atoms with Crippen LogP contribution in [0.3, 0.4) is 0 Å². The van der Waals surface area contributed by atoms with Crippen molar-refractivity contribution < 1.29 is 4.42 Å². The van der Waals surface area contributed by atoms with Gasteiger partial charge in [-0.05, 0) is 120 Å². The third-order valence-corrected chi connectivity index (χ3v) is 13.2. The van der Waals surface area contributed by atoms with Gasteiger partial charge >= 0.3 is 0 Å². The standard InChI is InChI=1S/C62H39NO/c1-4-17-40(18-5-1)43-32-34-59-55(36-43)56-38-46(41-19-6-2-7-20-41)37-54(62(56)64-59)44-31-33-49-48-25-14-15-30-57(48)63(58(49)39-44)47-24-16-23-45(35-47)61-52-28-12-10-26-50(52)60(42-21-8-3-9-22-42)51-27-11-13-29-53(51)61/h1-39H. The molecule has 0 atom stereocenters. The van der Waals surface area contributed by atoms with Gasteiger partial charge in [-0.1, -0.05) is 188 Å². The monoisotopic (exact) mass is 813 g/mol. The van der Waals surface area contributed by atoms with E-state index in [-0.39, 0.29) is 0 Å². The van der Waals surface area contributed by atoms with Crippen molar-refractivity contribution in [3.05, 3.63) is 237 Å². The number of para-hydroxylation sites is 1. The molecule has 64 heavy (non-hydrogen) atoms. The smallest absolute Gasteiger partial charge is 0.143 e. The molecule has 2 nitrogen and oxygen atoms in total. The van der Waals surface area contributed by atoms with Gasteiger partial charge in [0.15, 0.2) is 0 Å². The van der Waals surface area contributed by atoms with E-state index in [1.54, 1.807) is 0 Å². The summed E-state index contributed by atoms with van der Waals surface area (Å²) in [4.78, 5) is 0. The summed E-state index contributed by atoms with van der Waals surface area (Å²) in [6.45, 7) is 0. The van der Waals surface area contributed by atoms with E-state index in [2.05, 4.69) is 241 Å². The Balaban J connectivity index is 1.04. The van der Waals surface area contributed by atoms with Crippen LogP contribution >= 0.6 is 0 Å². The number of aromatic nitrogens is 1. The van der Waals surface area contributed by atoms with Crippen molar-refractivity contribution in [3.63, 3.8) is 0 Å². The van der Waals surface area contributed by atoms with E-state index in [1.807, 2.05) is 0 Å². The molecule has 2 aromatic heterocycles. The van der Waals surface area contributed by atoms with Crippen molar-refractivity contribution in [2.24, 2.45) is 0 Å². The molecule has 0 unspecified atom stereocenters. The summed E-state index contributed by atoms with van der Waals surface area (Å²) in [7, 11) is 0. The first-order valence-corrected chi connectivity index (χ1v) is 22.0. The van der Waals surface area contributed by atoms with Crippen LogP contribution in [0.2, 0.25) is 0 Å². The molecule has 0 spiro atoms. The molecule has 0 aliphatic heterocycles. The Morgan fingerprint density at radius 2 is 0.781 bits per heavy atom. The second kappa shape index (κ2) is 14.6. The molecule has 0 bridgehead atoms. The number of hydrogen-bond donors (Lipinski definition) is 0. The van der Waals surface area contributed by atoms with Crippen LogP contribution in [0.4, 0.5) is 0 Å². The number of nitrogens with zero attached hydrogens (tertiary/aromatic N) is 1. The molecule has 0 radical (unpaired) electrons. The number of benzene rings is 11. The average molecular weight is 814 g/mol. The van der Waals surface area contributed by atoms with Gasteiger partial charge in [0.25, 0.3) is 0 Å². The number of fused-ring (bicyclic) bond motifs is 8. The maximum atomic E-state index is 6.87. The Bertz CT molecular complexity index is 3880. The average Bonchev–Trinajstić information content (AvgIpc) is 3.91. The normalized spacial score (nSPS) is 11.8. The molecule has 298 valence electrons. The number of hydrogen-bond acceptors (Lipinski definition) is 1. The fourth-order valence-corrected chi connectivity index (χ4v) is 10.3. The van der Waals surface area contributed by atoms with E-state index in [9.17, 15) is 0 Å². The van der Waals surface area contributed by atoms with E-state index >= 15 is 0 Å². The van der Waals surface area contributed by atoms with Crippen LogP contribution in [0.5, 0.6) is 0 Å². The molecule has 0 aliphatic rings. The van der Waals surface area contributed by atoms with Crippen molar-refractivity contribution in [2.45, 2.75) is 0 Å². The van der Waals surface area contributed by atoms with Gasteiger partial charge in [0, 0.05) is 32.8 Å². The molecule has 0 saturated carbocycles. The van der Waals surface area contributed by atoms with Crippen LogP contribution in [0.1, 0.15) is 0 Å². The van der Waals surface area contributed by atoms with Gasteiger partial charge in [-0.25, -0.2) is 0 Å². The fraction of sp³-hybridized carbons (Fsp3) is 0. The van der Waals surface area contributed by atoms with E-state index in [0.717, 1.165) is 49.8 Å². The van der Waals surface area contributed by atoms with Crippen molar-refractivity contribution in [1.29, 1.82) is 0 Å². The molecule has 0 saturated heterocycles. The highest BCUT2D eigenvalue weighted by molar-refractivity contribution is 6.22. The van der Waals surface area contributed by atoms with Crippen molar-refractivity contribution in [3.8, 4) is 61.3 Å². The minimum Gasteiger partial charge on any atom is -0.455 e. The molecule has 2 heteroatoms. The van der Waals surface area contributed by atoms with Gasteiger partial charge in [-0.15, -0.1) is 0 Å². The van der Waals surface area contributed by atoms with E-state index < -0.39 is 0 Å². The minimum absolute atomic E-state index is 0.880. The fourth-order valence-electron chi connectivity index (χ4n) is 10.3. The van der Waals surface area contributed by atoms with Gasteiger partial charge in [0.2, 0.25) is 0 Å². The lowest BCUT2D eigenvalue weighted by Gasteiger charge is -2.18. The molecular formula is C62H39NO.